The highest BCUT2D eigenvalue weighted by Gasteiger charge is 2.41. The zero-order chi connectivity index (χ0) is 12.0. The maximum Gasteiger partial charge on any atom is 0.391 e. The number of piperidine rings is 1. The van der Waals surface area contributed by atoms with Gasteiger partial charge >= 0.3 is 6.18 Å². The van der Waals surface area contributed by atoms with Crippen LogP contribution in [0.2, 0.25) is 0 Å². The molecule has 0 amide bonds. The fourth-order valence-electron chi connectivity index (χ4n) is 2.34. The van der Waals surface area contributed by atoms with E-state index in [2.05, 4.69) is 12.2 Å². The number of nitrogens with one attached hydrogen (secondary N) is 1. The van der Waals surface area contributed by atoms with E-state index >= 15 is 0 Å². The molecule has 2 atom stereocenters. The lowest BCUT2D eigenvalue weighted by Gasteiger charge is -2.31. The summed E-state index contributed by atoms with van der Waals surface area (Å²) in [6.07, 6.45) is 1.97. The molecule has 1 saturated heterocycles. The Kier molecular flexibility index (Phi) is 5.59. The van der Waals surface area contributed by atoms with Crippen molar-refractivity contribution < 1.29 is 13.2 Å². The van der Waals surface area contributed by atoms with Gasteiger partial charge in [0, 0.05) is 6.04 Å². The number of hydrogen-bond donors (Lipinski definition) is 1. The Bertz CT molecular complexity index is 191. The summed E-state index contributed by atoms with van der Waals surface area (Å²) in [4.78, 5) is 0. The third-order valence-corrected chi connectivity index (χ3v) is 3.36. The first-order valence-corrected chi connectivity index (χ1v) is 6.34. The third-order valence-electron chi connectivity index (χ3n) is 3.36. The molecule has 0 aromatic carbocycles. The van der Waals surface area contributed by atoms with Crippen molar-refractivity contribution in [2.45, 2.75) is 64.1 Å². The smallest absolute Gasteiger partial charge is 0.314 e. The Morgan fingerprint density at radius 2 is 1.94 bits per heavy atom. The molecule has 1 N–H and O–H groups in total. The molecule has 0 aromatic heterocycles. The van der Waals surface area contributed by atoms with Crippen LogP contribution < -0.4 is 5.32 Å². The first-order chi connectivity index (χ1) is 7.54. The van der Waals surface area contributed by atoms with E-state index in [0.717, 1.165) is 19.3 Å². The minimum Gasteiger partial charge on any atom is -0.314 e. The van der Waals surface area contributed by atoms with Crippen molar-refractivity contribution >= 4 is 0 Å². The van der Waals surface area contributed by atoms with Gasteiger partial charge in [-0.15, -0.1) is 0 Å². The van der Waals surface area contributed by atoms with Crippen molar-refractivity contribution in [1.29, 1.82) is 0 Å². The van der Waals surface area contributed by atoms with Crippen molar-refractivity contribution in [3.05, 3.63) is 0 Å². The quantitative estimate of drug-likeness (QED) is 0.715. The van der Waals surface area contributed by atoms with Crippen molar-refractivity contribution in [1.82, 2.24) is 5.32 Å². The van der Waals surface area contributed by atoms with Gasteiger partial charge in [0.05, 0.1) is 5.92 Å². The second-order valence-electron chi connectivity index (χ2n) is 4.76. The number of hydrogen-bond acceptors (Lipinski definition) is 1. The zero-order valence-electron chi connectivity index (χ0n) is 9.95. The minimum atomic E-state index is -4.00. The lowest BCUT2D eigenvalue weighted by molar-refractivity contribution is -0.183. The molecule has 1 fully saturated rings. The number of rotatable bonds is 5. The summed E-state index contributed by atoms with van der Waals surface area (Å²) in [6.45, 7) is 2.65. The van der Waals surface area contributed by atoms with E-state index in [4.69, 9.17) is 0 Å². The van der Waals surface area contributed by atoms with Crippen LogP contribution in [0.25, 0.3) is 0 Å². The van der Waals surface area contributed by atoms with Gasteiger partial charge < -0.3 is 5.32 Å². The van der Waals surface area contributed by atoms with Gasteiger partial charge in [0.1, 0.15) is 0 Å². The van der Waals surface area contributed by atoms with Gasteiger partial charge in [-0.3, -0.25) is 0 Å². The minimum absolute atomic E-state index is 0.0808. The molecule has 1 aliphatic heterocycles. The van der Waals surface area contributed by atoms with Gasteiger partial charge in [-0.2, -0.15) is 13.2 Å². The molecule has 0 bridgehead atoms. The lowest BCUT2D eigenvalue weighted by atomic mass is 9.89. The first-order valence-electron chi connectivity index (χ1n) is 6.34. The van der Waals surface area contributed by atoms with Crippen LogP contribution in [-0.4, -0.2) is 18.8 Å². The molecule has 96 valence electrons. The molecular weight excluding hydrogens is 215 g/mol. The van der Waals surface area contributed by atoms with Crippen LogP contribution in [0.3, 0.4) is 0 Å². The Hall–Kier alpha value is -0.250. The third kappa shape index (κ3) is 4.73. The van der Waals surface area contributed by atoms with Gasteiger partial charge in [0.2, 0.25) is 0 Å². The second-order valence-corrected chi connectivity index (χ2v) is 4.76. The van der Waals surface area contributed by atoms with Crippen LogP contribution in [0.4, 0.5) is 13.2 Å². The number of unbranched alkanes of at least 4 members (excludes halogenated alkanes) is 3. The number of alkyl halides is 3. The predicted molar refractivity (Wildman–Crippen MR) is 59.3 cm³/mol. The Morgan fingerprint density at radius 3 is 2.56 bits per heavy atom. The standard InChI is InChI=1S/C12H22F3N/c1-2-3-4-5-6-11-9-10(7-8-16-11)12(13,14)15/h10-11,16H,2-9H2,1H3. The van der Waals surface area contributed by atoms with E-state index in [1.165, 1.54) is 12.8 Å². The molecule has 0 aromatic rings. The molecule has 16 heavy (non-hydrogen) atoms. The molecule has 1 heterocycles. The molecule has 0 spiro atoms. The molecule has 4 heteroatoms. The van der Waals surface area contributed by atoms with Gasteiger partial charge in [-0.05, 0) is 25.8 Å². The average Bonchev–Trinajstić information content (AvgIpc) is 2.24. The monoisotopic (exact) mass is 237 g/mol. The molecule has 1 nitrogen and oxygen atoms in total. The van der Waals surface area contributed by atoms with Crippen LogP contribution >= 0.6 is 0 Å². The van der Waals surface area contributed by atoms with E-state index in [0.29, 0.717) is 6.54 Å². The summed E-state index contributed by atoms with van der Waals surface area (Å²) >= 11 is 0. The van der Waals surface area contributed by atoms with Gasteiger partial charge in [-0.25, -0.2) is 0 Å². The van der Waals surface area contributed by atoms with E-state index < -0.39 is 12.1 Å². The van der Waals surface area contributed by atoms with Crippen LogP contribution in [0, 0.1) is 5.92 Å². The van der Waals surface area contributed by atoms with Crippen molar-refractivity contribution in [3.8, 4) is 0 Å². The van der Waals surface area contributed by atoms with E-state index in [1.54, 1.807) is 0 Å². The molecular formula is C12H22F3N. The fourth-order valence-corrected chi connectivity index (χ4v) is 2.34. The highest BCUT2D eigenvalue weighted by molar-refractivity contribution is 4.82. The number of halogens is 3. The maximum absolute atomic E-state index is 12.5. The van der Waals surface area contributed by atoms with Crippen LogP contribution in [0.5, 0.6) is 0 Å². The SMILES string of the molecule is CCCCCCC1CC(C(F)(F)F)CCN1. The summed E-state index contributed by atoms with van der Waals surface area (Å²) < 4.78 is 37.6. The highest BCUT2D eigenvalue weighted by Crippen LogP contribution is 2.34. The molecule has 0 radical (unpaired) electrons. The van der Waals surface area contributed by atoms with Crippen LogP contribution in [0.1, 0.15) is 51.9 Å². The summed E-state index contributed by atoms with van der Waals surface area (Å²) in [5.74, 6) is -1.08. The van der Waals surface area contributed by atoms with E-state index in [1.807, 2.05) is 0 Å². The normalized spacial score (nSPS) is 27.0. The van der Waals surface area contributed by atoms with Crippen LogP contribution in [0.15, 0.2) is 0 Å². The predicted octanol–water partition coefficient (Wildman–Crippen LogP) is 3.89. The Balaban J connectivity index is 2.23. The van der Waals surface area contributed by atoms with Crippen molar-refractivity contribution in [2.24, 2.45) is 5.92 Å². The molecule has 2 unspecified atom stereocenters. The molecule has 1 aliphatic rings. The summed E-state index contributed by atoms with van der Waals surface area (Å²) in [7, 11) is 0. The van der Waals surface area contributed by atoms with Gasteiger partial charge in [0.25, 0.3) is 0 Å². The van der Waals surface area contributed by atoms with Gasteiger partial charge in [-0.1, -0.05) is 32.6 Å². The summed E-state index contributed by atoms with van der Waals surface area (Å²) in [5.41, 5.74) is 0. The van der Waals surface area contributed by atoms with Crippen molar-refractivity contribution in [3.63, 3.8) is 0 Å². The first kappa shape index (κ1) is 13.8. The lowest BCUT2D eigenvalue weighted by Crippen LogP contribution is -2.42. The molecule has 0 aliphatic carbocycles. The zero-order valence-corrected chi connectivity index (χ0v) is 9.95. The fraction of sp³-hybridized carbons (Fsp3) is 1.00. The largest absolute Gasteiger partial charge is 0.391 e. The highest BCUT2D eigenvalue weighted by atomic mass is 19.4. The van der Waals surface area contributed by atoms with Gasteiger partial charge in [0.15, 0.2) is 0 Å². The van der Waals surface area contributed by atoms with E-state index in [9.17, 15) is 13.2 Å². The van der Waals surface area contributed by atoms with E-state index in [-0.39, 0.29) is 18.9 Å². The van der Waals surface area contributed by atoms with Crippen molar-refractivity contribution in [2.75, 3.05) is 6.54 Å². The second kappa shape index (κ2) is 6.48. The topological polar surface area (TPSA) is 12.0 Å². The Morgan fingerprint density at radius 1 is 1.19 bits per heavy atom. The average molecular weight is 237 g/mol. The summed E-state index contributed by atoms with van der Waals surface area (Å²) in [5, 5.41) is 3.20. The molecule has 1 rings (SSSR count). The molecule has 0 saturated carbocycles. The summed E-state index contributed by atoms with van der Waals surface area (Å²) in [6, 6.07) is 0.0808. The maximum atomic E-state index is 12.5. The van der Waals surface area contributed by atoms with Crippen LogP contribution in [-0.2, 0) is 0 Å². The Labute approximate surface area is 95.8 Å².